The molecule has 3 rings (SSSR count). The number of carbonyl (C=O) groups is 1. The lowest BCUT2D eigenvalue weighted by Crippen LogP contribution is -2.37. The Balaban J connectivity index is 1.69. The standard InChI is InChI=1S/C21H24N2O3/c1-25-21(24)19-16-18(9-10-20(19)23-12-14-26-15-13-23)22-11-5-8-17-6-3-2-4-7-17/h2-10,16,22H,11-15H2,1H3. The SMILES string of the molecule is COC(=O)c1cc(NCC=Cc2ccccc2)ccc1N1CCOCC1. The van der Waals surface area contributed by atoms with Gasteiger partial charge in [0.25, 0.3) is 0 Å². The molecule has 0 aliphatic carbocycles. The summed E-state index contributed by atoms with van der Waals surface area (Å²) in [7, 11) is 1.41. The highest BCUT2D eigenvalue weighted by Crippen LogP contribution is 2.26. The van der Waals surface area contributed by atoms with E-state index in [1.807, 2.05) is 36.4 Å². The van der Waals surface area contributed by atoms with Gasteiger partial charge >= 0.3 is 5.97 Å². The number of esters is 1. The molecule has 2 aromatic rings. The zero-order valence-corrected chi connectivity index (χ0v) is 15.0. The molecule has 0 atom stereocenters. The third kappa shape index (κ3) is 4.64. The minimum atomic E-state index is -0.324. The molecular weight excluding hydrogens is 328 g/mol. The molecule has 1 heterocycles. The van der Waals surface area contributed by atoms with Gasteiger partial charge in [-0.05, 0) is 23.8 Å². The van der Waals surface area contributed by atoms with E-state index in [9.17, 15) is 4.79 Å². The summed E-state index contributed by atoms with van der Waals surface area (Å²) in [5.41, 5.74) is 3.52. The molecule has 1 aliphatic rings. The normalized spacial score (nSPS) is 14.4. The fourth-order valence-electron chi connectivity index (χ4n) is 2.94. The van der Waals surface area contributed by atoms with Crippen LogP contribution in [0.5, 0.6) is 0 Å². The van der Waals surface area contributed by atoms with Crippen LogP contribution in [0.15, 0.2) is 54.6 Å². The summed E-state index contributed by atoms with van der Waals surface area (Å²) >= 11 is 0. The minimum Gasteiger partial charge on any atom is -0.465 e. The molecule has 0 bridgehead atoms. The molecule has 1 N–H and O–H groups in total. The van der Waals surface area contributed by atoms with Crippen LogP contribution >= 0.6 is 0 Å². The molecule has 0 amide bonds. The smallest absolute Gasteiger partial charge is 0.340 e. The fraction of sp³-hybridized carbons (Fsp3) is 0.286. The highest BCUT2D eigenvalue weighted by Gasteiger charge is 2.19. The molecule has 0 aromatic heterocycles. The van der Waals surface area contributed by atoms with Crippen molar-refractivity contribution in [3.63, 3.8) is 0 Å². The number of methoxy groups -OCH3 is 1. The van der Waals surface area contributed by atoms with Crippen molar-refractivity contribution < 1.29 is 14.3 Å². The Bertz CT molecular complexity index is 753. The van der Waals surface area contributed by atoms with E-state index in [2.05, 4.69) is 34.5 Å². The van der Waals surface area contributed by atoms with Crippen molar-refractivity contribution in [2.45, 2.75) is 0 Å². The van der Waals surface area contributed by atoms with E-state index >= 15 is 0 Å². The van der Waals surface area contributed by atoms with Gasteiger partial charge in [-0.3, -0.25) is 0 Å². The summed E-state index contributed by atoms with van der Waals surface area (Å²) in [6.45, 7) is 3.56. The molecule has 0 spiro atoms. The summed E-state index contributed by atoms with van der Waals surface area (Å²) in [5.74, 6) is -0.324. The van der Waals surface area contributed by atoms with Crippen molar-refractivity contribution >= 4 is 23.4 Å². The maximum Gasteiger partial charge on any atom is 0.340 e. The second-order valence-electron chi connectivity index (χ2n) is 6.02. The van der Waals surface area contributed by atoms with Gasteiger partial charge in [-0.25, -0.2) is 4.79 Å². The van der Waals surface area contributed by atoms with Crippen LogP contribution in [0.25, 0.3) is 6.08 Å². The molecule has 1 fully saturated rings. The van der Waals surface area contributed by atoms with Crippen molar-refractivity contribution in [3.8, 4) is 0 Å². The number of rotatable bonds is 6. The van der Waals surface area contributed by atoms with E-state index in [4.69, 9.17) is 9.47 Å². The van der Waals surface area contributed by atoms with Crippen LogP contribution < -0.4 is 10.2 Å². The summed E-state index contributed by atoms with van der Waals surface area (Å²) < 4.78 is 10.4. The molecule has 136 valence electrons. The first-order chi connectivity index (χ1) is 12.8. The largest absolute Gasteiger partial charge is 0.465 e. The summed E-state index contributed by atoms with van der Waals surface area (Å²) in [6.07, 6.45) is 4.12. The predicted octanol–water partition coefficient (Wildman–Crippen LogP) is 3.44. The van der Waals surface area contributed by atoms with E-state index in [1.54, 1.807) is 0 Å². The lowest BCUT2D eigenvalue weighted by molar-refractivity contribution is 0.0600. The van der Waals surface area contributed by atoms with Crippen LogP contribution in [0.1, 0.15) is 15.9 Å². The Hall–Kier alpha value is -2.79. The zero-order valence-electron chi connectivity index (χ0n) is 15.0. The number of carbonyl (C=O) groups excluding carboxylic acids is 1. The van der Waals surface area contributed by atoms with Gasteiger partial charge < -0.3 is 19.7 Å². The average molecular weight is 352 g/mol. The lowest BCUT2D eigenvalue weighted by atomic mass is 10.1. The molecule has 5 heteroatoms. The fourth-order valence-corrected chi connectivity index (χ4v) is 2.94. The van der Waals surface area contributed by atoms with Crippen molar-refractivity contribution in [1.82, 2.24) is 0 Å². The Morgan fingerprint density at radius 3 is 2.69 bits per heavy atom. The second kappa shape index (κ2) is 9.06. The van der Waals surface area contributed by atoms with Crippen molar-refractivity contribution in [1.29, 1.82) is 0 Å². The molecular formula is C21H24N2O3. The van der Waals surface area contributed by atoms with Gasteiger partial charge in [-0.1, -0.05) is 42.5 Å². The molecule has 26 heavy (non-hydrogen) atoms. The van der Waals surface area contributed by atoms with Gasteiger partial charge in [-0.2, -0.15) is 0 Å². The lowest BCUT2D eigenvalue weighted by Gasteiger charge is -2.30. The highest BCUT2D eigenvalue weighted by atomic mass is 16.5. The van der Waals surface area contributed by atoms with Crippen LogP contribution in [0.2, 0.25) is 0 Å². The molecule has 1 saturated heterocycles. The molecule has 0 radical (unpaired) electrons. The third-order valence-electron chi connectivity index (χ3n) is 4.29. The Morgan fingerprint density at radius 2 is 1.96 bits per heavy atom. The van der Waals surface area contributed by atoms with Crippen molar-refractivity contribution in [2.75, 3.05) is 50.2 Å². The van der Waals surface area contributed by atoms with Crippen LogP contribution in [0.3, 0.4) is 0 Å². The topological polar surface area (TPSA) is 50.8 Å². The van der Waals surface area contributed by atoms with Gasteiger partial charge in [0.15, 0.2) is 0 Å². The molecule has 0 unspecified atom stereocenters. The first-order valence-corrected chi connectivity index (χ1v) is 8.78. The maximum absolute atomic E-state index is 12.2. The van der Waals surface area contributed by atoms with E-state index in [1.165, 1.54) is 7.11 Å². The molecule has 1 aliphatic heterocycles. The predicted molar refractivity (Wildman–Crippen MR) is 105 cm³/mol. The van der Waals surface area contributed by atoms with Gasteiger partial charge in [0.05, 0.1) is 31.6 Å². The summed E-state index contributed by atoms with van der Waals surface area (Å²) in [4.78, 5) is 14.4. The van der Waals surface area contributed by atoms with Gasteiger partial charge in [0.2, 0.25) is 0 Å². The van der Waals surface area contributed by atoms with E-state index in [0.717, 1.165) is 30.0 Å². The van der Waals surface area contributed by atoms with Crippen molar-refractivity contribution in [3.05, 3.63) is 65.7 Å². The Kier molecular flexibility index (Phi) is 6.28. The number of benzene rings is 2. The summed E-state index contributed by atoms with van der Waals surface area (Å²) in [5, 5.41) is 3.33. The number of nitrogens with zero attached hydrogens (tertiary/aromatic N) is 1. The Morgan fingerprint density at radius 1 is 1.19 bits per heavy atom. The van der Waals surface area contributed by atoms with Gasteiger partial charge in [-0.15, -0.1) is 0 Å². The highest BCUT2D eigenvalue weighted by molar-refractivity contribution is 5.97. The zero-order chi connectivity index (χ0) is 18.2. The van der Waals surface area contributed by atoms with Crippen molar-refractivity contribution in [2.24, 2.45) is 0 Å². The van der Waals surface area contributed by atoms with Crippen LogP contribution in [0, 0.1) is 0 Å². The quantitative estimate of drug-likeness (QED) is 0.807. The number of nitrogens with one attached hydrogen (secondary N) is 1. The third-order valence-corrected chi connectivity index (χ3v) is 4.29. The van der Waals surface area contributed by atoms with Crippen LogP contribution in [-0.4, -0.2) is 45.9 Å². The maximum atomic E-state index is 12.2. The summed E-state index contributed by atoms with van der Waals surface area (Å²) in [6, 6.07) is 16.0. The van der Waals surface area contributed by atoms with Gasteiger partial charge in [0, 0.05) is 25.3 Å². The first-order valence-electron chi connectivity index (χ1n) is 8.78. The number of morpholine rings is 1. The minimum absolute atomic E-state index is 0.324. The average Bonchev–Trinajstić information content (AvgIpc) is 2.72. The monoisotopic (exact) mass is 352 g/mol. The number of anilines is 2. The van der Waals surface area contributed by atoms with E-state index < -0.39 is 0 Å². The molecule has 5 nitrogen and oxygen atoms in total. The van der Waals surface area contributed by atoms with E-state index in [-0.39, 0.29) is 5.97 Å². The first kappa shape index (κ1) is 18.0. The number of hydrogen-bond acceptors (Lipinski definition) is 5. The number of hydrogen-bond donors (Lipinski definition) is 1. The number of ether oxygens (including phenoxy) is 2. The van der Waals surface area contributed by atoms with E-state index in [0.29, 0.717) is 25.3 Å². The Labute approximate surface area is 154 Å². The molecule has 0 saturated carbocycles. The van der Waals surface area contributed by atoms with Crippen LogP contribution in [0.4, 0.5) is 11.4 Å². The van der Waals surface area contributed by atoms with Gasteiger partial charge in [0.1, 0.15) is 0 Å². The second-order valence-corrected chi connectivity index (χ2v) is 6.02. The van der Waals surface area contributed by atoms with Crippen LogP contribution in [-0.2, 0) is 9.47 Å². The molecule has 2 aromatic carbocycles.